The fourth-order valence-electron chi connectivity index (χ4n) is 3.82. The van der Waals surface area contributed by atoms with Crippen molar-refractivity contribution in [3.8, 4) is 0 Å². The number of thiazole rings is 1. The number of piperidine rings is 1. The first-order valence-corrected chi connectivity index (χ1v) is 12.5. The maximum absolute atomic E-state index is 13.1. The number of halogens is 1. The highest BCUT2D eigenvalue weighted by Crippen LogP contribution is 2.29. The molecule has 158 valence electrons. The van der Waals surface area contributed by atoms with Crippen LogP contribution in [-0.4, -0.2) is 31.7 Å². The summed E-state index contributed by atoms with van der Waals surface area (Å²) < 4.78 is 38.8. The lowest BCUT2D eigenvalue weighted by atomic mass is 10.0. The van der Waals surface area contributed by atoms with Crippen LogP contribution in [0.1, 0.15) is 35.2 Å². The van der Waals surface area contributed by atoms with Crippen LogP contribution in [0.2, 0.25) is 0 Å². The molecular weight excluding hydrogens is 419 g/mol. The Labute approximate surface area is 181 Å². The van der Waals surface area contributed by atoms with Crippen molar-refractivity contribution in [2.24, 2.45) is 0 Å². The van der Waals surface area contributed by atoms with E-state index < -0.39 is 20.9 Å². The maximum Gasteiger partial charge on any atom is 0.185 e. The second kappa shape index (κ2) is 8.47. The number of benzene rings is 2. The van der Waals surface area contributed by atoms with E-state index in [-0.39, 0.29) is 4.90 Å². The summed E-state index contributed by atoms with van der Waals surface area (Å²) in [5.41, 5.74) is 4.86. The third kappa shape index (κ3) is 4.42. The van der Waals surface area contributed by atoms with Crippen LogP contribution in [0.15, 0.2) is 52.7 Å². The molecule has 4 rings (SSSR count). The Bertz CT molecular complexity index is 1130. The zero-order valence-corrected chi connectivity index (χ0v) is 18.8. The smallest absolute Gasteiger partial charge is 0.185 e. The van der Waals surface area contributed by atoms with Crippen LogP contribution in [0.4, 0.5) is 9.52 Å². The second-order valence-electron chi connectivity index (χ2n) is 7.90. The van der Waals surface area contributed by atoms with Crippen LogP contribution in [-0.2, 0) is 16.3 Å². The third-order valence-electron chi connectivity index (χ3n) is 5.79. The summed E-state index contributed by atoms with van der Waals surface area (Å²) in [4.78, 5) is 7.16. The van der Waals surface area contributed by atoms with Crippen LogP contribution in [0, 0.1) is 19.7 Å². The molecule has 0 saturated carbocycles. The minimum atomic E-state index is -3.44. The Morgan fingerprint density at radius 3 is 2.43 bits per heavy atom. The Morgan fingerprint density at radius 1 is 1.07 bits per heavy atom. The Morgan fingerprint density at radius 2 is 1.77 bits per heavy atom. The summed E-state index contributed by atoms with van der Waals surface area (Å²) in [5, 5.41) is 2.60. The summed E-state index contributed by atoms with van der Waals surface area (Å²) in [6.07, 6.45) is 1.89. The lowest BCUT2D eigenvalue weighted by Crippen LogP contribution is -2.39. The van der Waals surface area contributed by atoms with Crippen molar-refractivity contribution in [3.05, 3.63) is 76.0 Å². The van der Waals surface area contributed by atoms with Crippen molar-refractivity contribution < 1.29 is 12.8 Å². The largest absolute Gasteiger partial charge is 0.348 e. The number of aromatic nitrogens is 1. The number of hydrogen-bond donors (Lipinski definition) is 0. The quantitative estimate of drug-likeness (QED) is 0.524. The lowest BCUT2D eigenvalue weighted by molar-refractivity contribution is 0.529. The molecule has 0 spiro atoms. The summed E-state index contributed by atoms with van der Waals surface area (Å²) in [6, 6.07) is 11.6. The first-order chi connectivity index (χ1) is 14.3. The van der Waals surface area contributed by atoms with E-state index in [1.807, 2.05) is 0 Å². The average molecular weight is 445 g/mol. The Balaban J connectivity index is 1.40. The number of sulfone groups is 1. The topological polar surface area (TPSA) is 50.3 Å². The van der Waals surface area contributed by atoms with Gasteiger partial charge in [-0.2, -0.15) is 0 Å². The Kier molecular flexibility index (Phi) is 5.93. The summed E-state index contributed by atoms with van der Waals surface area (Å²) >= 11 is 1.61. The third-order valence-corrected chi connectivity index (χ3v) is 9.02. The molecule has 0 atom stereocenters. The molecular formula is C23H25FN2O2S2. The van der Waals surface area contributed by atoms with Crippen molar-refractivity contribution in [2.75, 3.05) is 18.0 Å². The zero-order chi connectivity index (χ0) is 21.3. The number of hydrogen-bond acceptors (Lipinski definition) is 5. The molecule has 4 nitrogen and oxygen atoms in total. The van der Waals surface area contributed by atoms with Gasteiger partial charge in [0.05, 0.1) is 15.8 Å². The number of aryl methyl sites for hydroxylation is 2. The lowest BCUT2D eigenvalue weighted by Gasteiger charge is -2.31. The van der Waals surface area contributed by atoms with Gasteiger partial charge in [-0.25, -0.2) is 17.8 Å². The standard InChI is InChI=1S/C23H25FN2O2S2/c1-16-3-4-18(13-17(16)2)14-20-15-29-23(25-20)26-11-9-22(10-12-26)30(27,28)21-7-5-19(24)6-8-21/h3-8,13,15,22H,9-12,14H2,1-2H3. The first-order valence-electron chi connectivity index (χ1n) is 10.1. The van der Waals surface area contributed by atoms with E-state index in [0.717, 1.165) is 17.2 Å². The molecule has 0 amide bonds. The predicted octanol–water partition coefficient (Wildman–Crippen LogP) is 4.93. The normalized spacial score (nSPS) is 15.5. The van der Waals surface area contributed by atoms with E-state index in [0.29, 0.717) is 25.9 Å². The van der Waals surface area contributed by atoms with Gasteiger partial charge in [-0.3, -0.25) is 0 Å². The van der Waals surface area contributed by atoms with Crippen LogP contribution in [0.25, 0.3) is 0 Å². The van der Waals surface area contributed by atoms with Gasteiger partial charge >= 0.3 is 0 Å². The highest BCUT2D eigenvalue weighted by molar-refractivity contribution is 7.92. The monoisotopic (exact) mass is 444 g/mol. The van der Waals surface area contributed by atoms with Crippen LogP contribution in [0.5, 0.6) is 0 Å². The molecule has 2 aromatic carbocycles. The van der Waals surface area contributed by atoms with Crippen molar-refractivity contribution in [1.82, 2.24) is 4.98 Å². The van der Waals surface area contributed by atoms with E-state index in [1.54, 1.807) is 11.3 Å². The van der Waals surface area contributed by atoms with Crippen molar-refractivity contribution in [1.29, 1.82) is 0 Å². The molecule has 30 heavy (non-hydrogen) atoms. The van der Waals surface area contributed by atoms with Gasteiger partial charge in [0.2, 0.25) is 0 Å². The van der Waals surface area contributed by atoms with Crippen molar-refractivity contribution in [3.63, 3.8) is 0 Å². The van der Waals surface area contributed by atoms with Gasteiger partial charge in [-0.05, 0) is 67.6 Å². The Hall–Kier alpha value is -2.25. The van der Waals surface area contributed by atoms with Gasteiger partial charge in [0.25, 0.3) is 0 Å². The molecule has 0 bridgehead atoms. The van der Waals surface area contributed by atoms with Gasteiger partial charge in [-0.1, -0.05) is 18.2 Å². The van der Waals surface area contributed by atoms with E-state index >= 15 is 0 Å². The molecule has 2 heterocycles. The highest BCUT2D eigenvalue weighted by atomic mass is 32.2. The van der Waals surface area contributed by atoms with E-state index in [2.05, 4.69) is 42.3 Å². The molecule has 7 heteroatoms. The van der Waals surface area contributed by atoms with E-state index in [1.165, 1.54) is 41.0 Å². The van der Waals surface area contributed by atoms with Crippen molar-refractivity contribution >= 4 is 26.3 Å². The molecule has 1 aliphatic heterocycles. The molecule has 3 aromatic rings. The SMILES string of the molecule is Cc1ccc(Cc2csc(N3CCC(S(=O)(=O)c4ccc(F)cc4)CC3)n2)cc1C. The predicted molar refractivity (Wildman–Crippen MR) is 120 cm³/mol. The van der Waals surface area contributed by atoms with Crippen molar-refractivity contribution in [2.45, 2.75) is 43.3 Å². The highest BCUT2D eigenvalue weighted by Gasteiger charge is 2.32. The minimum absolute atomic E-state index is 0.201. The average Bonchev–Trinajstić information content (AvgIpc) is 3.20. The molecule has 0 N–H and O–H groups in total. The van der Waals surface area contributed by atoms with Gasteiger partial charge in [0.1, 0.15) is 5.82 Å². The number of rotatable bonds is 5. The molecule has 1 saturated heterocycles. The first kappa shape index (κ1) is 21.0. The number of anilines is 1. The summed E-state index contributed by atoms with van der Waals surface area (Å²) in [5.74, 6) is -0.427. The molecule has 0 aliphatic carbocycles. The van der Waals surface area contributed by atoms with E-state index in [9.17, 15) is 12.8 Å². The summed E-state index contributed by atoms with van der Waals surface area (Å²) in [6.45, 7) is 5.54. The van der Waals surface area contributed by atoms with E-state index in [4.69, 9.17) is 4.98 Å². The molecule has 1 aliphatic rings. The summed E-state index contributed by atoms with van der Waals surface area (Å²) in [7, 11) is -3.44. The van der Waals surface area contributed by atoms with Crippen LogP contribution < -0.4 is 4.90 Å². The van der Waals surface area contributed by atoms with Gasteiger partial charge in [0.15, 0.2) is 15.0 Å². The number of nitrogens with zero attached hydrogens (tertiary/aromatic N) is 2. The molecule has 0 unspecified atom stereocenters. The van der Waals surface area contributed by atoms with Gasteiger partial charge in [0, 0.05) is 24.9 Å². The van der Waals surface area contributed by atoms with Crippen LogP contribution >= 0.6 is 11.3 Å². The molecule has 0 radical (unpaired) electrons. The fraction of sp³-hybridized carbons (Fsp3) is 0.348. The zero-order valence-electron chi connectivity index (χ0n) is 17.1. The van der Waals surface area contributed by atoms with Gasteiger partial charge in [-0.15, -0.1) is 11.3 Å². The minimum Gasteiger partial charge on any atom is -0.348 e. The van der Waals surface area contributed by atoms with Gasteiger partial charge < -0.3 is 4.90 Å². The molecule has 1 aromatic heterocycles. The molecule has 1 fully saturated rings. The fourth-order valence-corrected chi connectivity index (χ4v) is 6.43. The maximum atomic E-state index is 13.1. The van der Waals surface area contributed by atoms with Crippen LogP contribution in [0.3, 0.4) is 0 Å². The second-order valence-corrected chi connectivity index (χ2v) is 11.0.